The zero-order valence-electron chi connectivity index (χ0n) is 22.9. The molecule has 2 saturated carbocycles. The zero-order valence-corrected chi connectivity index (χ0v) is 22.9. The number of alkyl halides is 7. The Labute approximate surface area is 228 Å². The first-order valence-electron chi connectivity index (χ1n) is 14.7. The largest absolute Gasteiger partial charge is 0.487 e. The Kier molecular flexibility index (Phi) is 11.6. The molecule has 0 radical (unpaired) electrons. The molecular formula is C31H43F7O. The molecule has 0 aromatic heterocycles. The van der Waals surface area contributed by atoms with E-state index in [2.05, 4.69) is 17.7 Å². The van der Waals surface area contributed by atoms with Gasteiger partial charge in [-0.2, -0.15) is 30.7 Å². The third-order valence-electron chi connectivity index (χ3n) is 8.77. The highest BCUT2D eigenvalue weighted by atomic mass is 19.4. The number of hydrogen-bond acceptors (Lipinski definition) is 1. The average Bonchev–Trinajstić information content (AvgIpc) is 2.91. The van der Waals surface area contributed by atoms with Crippen molar-refractivity contribution < 1.29 is 35.5 Å². The molecule has 0 bridgehead atoms. The maximum absolute atomic E-state index is 13.4. The summed E-state index contributed by atoms with van der Waals surface area (Å²) in [5.74, 6) is -8.67. The molecule has 0 heterocycles. The van der Waals surface area contributed by atoms with E-state index in [4.69, 9.17) is 0 Å². The van der Waals surface area contributed by atoms with Gasteiger partial charge in [-0.15, -0.1) is 0 Å². The van der Waals surface area contributed by atoms with Gasteiger partial charge >= 0.3 is 18.0 Å². The normalized spacial score (nSPS) is 25.2. The van der Waals surface area contributed by atoms with Crippen LogP contribution in [0.5, 0.6) is 5.75 Å². The standard InChI is InChI=1S/C31H43F7O/c1-2-3-4-5-6-7-23-10-16-26(17-11-23)27-18-12-24(13-19-27)8-9-25-14-20-28(21-15-25)39-22-29(32,33)30(34,35)31(36,37)38/h8-9,14-15,20-21,23-24,26-27H,2-7,10-13,16-19,22H2,1H3. The Morgan fingerprint density at radius 2 is 1.31 bits per heavy atom. The monoisotopic (exact) mass is 564 g/mol. The second kappa shape index (κ2) is 14.2. The van der Waals surface area contributed by atoms with Crippen LogP contribution in [0.3, 0.4) is 0 Å². The van der Waals surface area contributed by atoms with E-state index >= 15 is 0 Å². The van der Waals surface area contributed by atoms with Gasteiger partial charge in [0.05, 0.1) is 0 Å². The topological polar surface area (TPSA) is 9.23 Å². The van der Waals surface area contributed by atoms with Gasteiger partial charge in [0.2, 0.25) is 0 Å². The van der Waals surface area contributed by atoms with E-state index in [9.17, 15) is 30.7 Å². The van der Waals surface area contributed by atoms with E-state index < -0.39 is 24.6 Å². The first-order chi connectivity index (χ1) is 18.4. The summed E-state index contributed by atoms with van der Waals surface area (Å²) in [5.41, 5.74) is 0.782. The van der Waals surface area contributed by atoms with Gasteiger partial charge in [-0.1, -0.05) is 82.6 Å². The maximum Gasteiger partial charge on any atom is 0.460 e. The average molecular weight is 565 g/mol. The van der Waals surface area contributed by atoms with Crippen LogP contribution in [0.4, 0.5) is 30.7 Å². The van der Waals surface area contributed by atoms with Crippen LogP contribution >= 0.6 is 0 Å². The van der Waals surface area contributed by atoms with Gasteiger partial charge in [0.1, 0.15) is 5.75 Å². The number of benzene rings is 1. The Morgan fingerprint density at radius 1 is 0.744 bits per heavy atom. The molecule has 222 valence electrons. The lowest BCUT2D eigenvalue weighted by Gasteiger charge is -2.37. The van der Waals surface area contributed by atoms with E-state index in [1.54, 1.807) is 12.1 Å². The molecule has 0 saturated heterocycles. The molecule has 2 aliphatic carbocycles. The van der Waals surface area contributed by atoms with Crippen molar-refractivity contribution in [2.45, 2.75) is 115 Å². The summed E-state index contributed by atoms with van der Waals surface area (Å²) in [6.45, 7) is 0.184. The van der Waals surface area contributed by atoms with E-state index in [0.717, 1.165) is 36.2 Å². The van der Waals surface area contributed by atoms with Crippen LogP contribution in [-0.2, 0) is 0 Å². The van der Waals surface area contributed by atoms with Gasteiger partial charge in [-0.3, -0.25) is 0 Å². The van der Waals surface area contributed by atoms with Crippen molar-refractivity contribution in [3.8, 4) is 5.75 Å². The second-order valence-corrected chi connectivity index (χ2v) is 11.7. The summed E-state index contributed by atoms with van der Waals surface area (Å²) in [7, 11) is 0. The molecule has 1 aromatic carbocycles. The lowest BCUT2D eigenvalue weighted by molar-refractivity contribution is -0.358. The molecule has 1 aromatic rings. The highest BCUT2D eigenvalue weighted by molar-refractivity contribution is 5.50. The number of halogens is 7. The summed E-state index contributed by atoms with van der Waals surface area (Å²) >= 11 is 0. The molecule has 0 amide bonds. The van der Waals surface area contributed by atoms with Crippen molar-refractivity contribution in [2.24, 2.45) is 23.7 Å². The molecule has 0 spiro atoms. The number of unbranched alkanes of at least 4 members (excludes halogenated alkanes) is 4. The molecule has 39 heavy (non-hydrogen) atoms. The second-order valence-electron chi connectivity index (χ2n) is 11.7. The number of hydrogen-bond donors (Lipinski definition) is 0. The van der Waals surface area contributed by atoms with Crippen LogP contribution in [0.2, 0.25) is 0 Å². The molecule has 1 nitrogen and oxygen atoms in total. The fourth-order valence-corrected chi connectivity index (χ4v) is 6.19. The number of allylic oxidation sites excluding steroid dienone is 1. The third-order valence-corrected chi connectivity index (χ3v) is 8.77. The first kappa shape index (κ1) is 31.8. The Balaban J connectivity index is 1.36. The predicted octanol–water partition coefficient (Wildman–Crippen LogP) is 10.9. The van der Waals surface area contributed by atoms with E-state index in [1.165, 1.54) is 89.2 Å². The van der Waals surface area contributed by atoms with Gasteiger partial charge in [0.15, 0.2) is 6.61 Å². The maximum atomic E-state index is 13.4. The molecule has 0 unspecified atom stereocenters. The summed E-state index contributed by atoms with van der Waals surface area (Å²) in [4.78, 5) is 0. The van der Waals surface area contributed by atoms with Crippen molar-refractivity contribution in [2.75, 3.05) is 6.61 Å². The van der Waals surface area contributed by atoms with Crippen LogP contribution in [0.15, 0.2) is 30.3 Å². The summed E-state index contributed by atoms with van der Waals surface area (Å²) in [5, 5.41) is 0. The highest BCUT2D eigenvalue weighted by Gasteiger charge is 2.73. The number of rotatable bonds is 13. The summed E-state index contributed by atoms with van der Waals surface area (Å²) < 4.78 is 94.2. The van der Waals surface area contributed by atoms with Crippen LogP contribution in [0.25, 0.3) is 6.08 Å². The fraction of sp³-hybridized carbons (Fsp3) is 0.742. The molecule has 0 aliphatic heterocycles. The SMILES string of the molecule is CCCCCCCC1CCC(C2CCC(C=Cc3ccc(OCC(F)(F)C(F)(F)C(F)(F)F)cc3)CC2)CC1. The fourth-order valence-electron chi connectivity index (χ4n) is 6.19. The van der Waals surface area contributed by atoms with E-state index in [0.29, 0.717) is 5.92 Å². The minimum Gasteiger partial charge on any atom is -0.487 e. The van der Waals surface area contributed by atoms with E-state index in [-0.39, 0.29) is 5.75 Å². The van der Waals surface area contributed by atoms with Crippen molar-refractivity contribution in [3.63, 3.8) is 0 Å². The lowest BCUT2D eigenvalue weighted by Crippen LogP contribution is -2.54. The Morgan fingerprint density at radius 3 is 1.87 bits per heavy atom. The van der Waals surface area contributed by atoms with Gasteiger partial charge in [-0.25, -0.2) is 0 Å². The van der Waals surface area contributed by atoms with Crippen LogP contribution in [-0.4, -0.2) is 24.6 Å². The van der Waals surface area contributed by atoms with Gasteiger partial charge in [0.25, 0.3) is 0 Å². The van der Waals surface area contributed by atoms with Gasteiger partial charge < -0.3 is 4.74 Å². The smallest absolute Gasteiger partial charge is 0.460 e. The van der Waals surface area contributed by atoms with Crippen molar-refractivity contribution in [1.82, 2.24) is 0 Å². The minimum atomic E-state index is -6.36. The predicted molar refractivity (Wildman–Crippen MR) is 141 cm³/mol. The van der Waals surface area contributed by atoms with Crippen LogP contribution < -0.4 is 4.74 Å². The molecule has 2 fully saturated rings. The van der Waals surface area contributed by atoms with Crippen molar-refractivity contribution in [1.29, 1.82) is 0 Å². The lowest BCUT2D eigenvalue weighted by atomic mass is 9.68. The highest BCUT2D eigenvalue weighted by Crippen LogP contribution is 2.47. The van der Waals surface area contributed by atoms with Gasteiger partial charge in [-0.05, 0) is 79.9 Å². The summed E-state index contributed by atoms with van der Waals surface area (Å²) in [6.07, 6.45) is 16.2. The Hall–Kier alpha value is -1.73. The minimum absolute atomic E-state index is 0.198. The van der Waals surface area contributed by atoms with Crippen molar-refractivity contribution in [3.05, 3.63) is 35.9 Å². The summed E-state index contributed by atoms with van der Waals surface area (Å²) in [6, 6.07) is 5.72. The Bertz CT molecular complexity index is 862. The van der Waals surface area contributed by atoms with Crippen LogP contribution in [0, 0.1) is 23.7 Å². The first-order valence-corrected chi connectivity index (χ1v) is 14.7. The van der Waals surface area contributed by atoms with Gasteiger partial charge in [0, 0.05) is 0 Å². The zero-order chi connectivity index (χ0) is 28.5. The molecular weight excluding hydrogens is 521 g/mol. The van der Waals surface area contributed by atoms with Crippen LogP contribution in [0.1, 0.15) is 102 Å². The molecule has 3 rings (SSSR count). The molecule has 8 heteroatoms. The quantitative estimate of drug-likeness (QED) is 0.171. The molecule has 0 N–H and O–H groups in total. The molecule has 0 atom stereocenters. The number of ether oxygens (including phenoxy) is 1. The van der Waals surface area contributed by atoms with Crippen molar-refractivity contribution >= 4 is 6.08 Å². The third kappa shape index (κ3) is 9.14. The van der Waals surface area contributed by atoms with E-state index in [1.807, 2.05) is 6.08 Å². The molecule has 2 aliphatic rings.